The molecule has 0 unspecified atom stereocenters. The number of hydrazine groups is 1. The molecule has 0 bridgehead atoms. The Kier molecular flexibility index (Phi) is 6.61. The average molecular weight is 503 g/mol. The van der Waals surface area contributed by atoms with Crippen LogP contribution in [-0.4, -0.2) is 36.3 Å². The van der Waals surface area contributed by atoms with Crippen molar-refractivity contribution in [3.63, 3.8) is 0 Å². The fourth-order valence-corrected chi connectivity index (χ4v) is 4.14. The summed E-state index contributed by atoms with van der Waals surface area (Å²) in [7, 11) is 2.92. The highest BCUT2D eigenvalue weighted by Crippen LogP contribution is 2.23. The van der Waals surface area contributed by atoms with Crippen molar-refractivity contribution in [3.05, 3.63) is 79.8 Å². The van der Waals surface area contributed by atoms with Gasteiger partial charge in [-0.2, -0.15) is 0 Å². The van der Waals surface area contributed by atoms with Crippen molar-refractivity contribution in [1.29, 1.82) is 0 Å². The van der Waals surface area contributed by atoms with E-state index in [1.54, 1.807) is 22.8 Å². The molecule has 0 saturated heterocycles. The quantitative estimate of drug-likeness (QED) is 0.300. The third-order valence-corrected chi connectivity index (χ3v) is 6.19. The summed E-state index contributed by atoms with van der Waals surface area (Å²) in [4.78, 5) is 54.0. The molecule has 1 aromatic carbocycles. The number of fused-ring (bicyclic) bond motifs is 1. The molecule has 3 aromatic heterocycles. The monoisotopic (exact) mass is 502 g/mol. The van der Waals surface area contributed by atoms with E-state index >= 15 is 0 Å². The number of aryl methyl sites for hydroxylation is 1. The lowest BCUT2D eigenvalue weighted by Crippen LogP contribution is -2.42. The molecule has 0 atom stereocenters. The number of halogens is 1. The molecule has 0 saturated carbocycles. The molecule has 11 nitrogen and oxygen atoms in total. The average Bonchev–Trinajstić information content (AvgIpc) is 3.49. The van der Waals surface area contributed by atoms with E-state index in [0.29, 0.717) is 10.2 Å². The van der Waals surface area contributed by atoms with Gasteiger partial charge in [-0.3, -0.25) is 34.4 Å². The van der Waals surface area contributed by atoms with Gasteiger partial charge in [-0.15, -0.1) is 0 Å². The number of hydrogen-bond acceptors (Lipinski definition) is 7. The molecule has 176 valence electrons. The van der Waals surface area contributed by atoms with Crippen molar-refractivity contribution in [3.8, 4) is 0 Å². The van der Waals surface area contributed by atoms with Crippen LogP contribution < -0.4 is 22.1 Å². The number of furan rings is 1. The molecule has 0 fully saturated rings. The molecule has 0 radical (unpaired) electrons. The van der Waals surface area contributed by atoms with Gasteiger partial charge in [-0.25, -0.2) is 9.78 Å². The Labute approximate surface area is 201 Å². The van der Waals surface area contributed by atoms with Gasteiger partial charge in [0.15, 0.2) is 22.1 Å². The lowest BCUT2D eigenvalue weighted by atomic mass is 10.2. The van der Waals surface area contributed by atoms with Crippen molar-refractivity contribution < 1.29 is 14.0 Å². The van der Waals surface area contributed by atoms with Crippen LogP contribution in [-0.2, 0) is 25.4 Å². The first-order chi connectivity index (χ1) is 16.3. The van der Waals surface area contributed by atoms with Crippen LogP contribution >= 0.6 is 23.4 Å². The smallest absolute Gasteiger partial charge is 0.332 e. The first-order valence-electron chi connectivity index (χ1n) is 9.92. The minimum Gasteiger partial charge on any atom is -0.459 e. The van der Waals surface area contributed by atoms with E-state index in [9.17, 15) is 19.2 Å². The number of amides is 2. The zero-order valence-corrected chi connectivity index (χ0v) is 19.6. The Morgan fingerprint density at radius 1 is 1.09 bits per heavy atom. The molecule has 0 aliphatic rings. The molecule has 2 amide bonds. The maximum Gasteiger partial charge on any atom is 0.332 e. The van der Waals surface area contributed by atoms with Crippen LogP contribution in [0.15, 0.2) is 61.8 Å². The van der Waals surface area contributed by atoms with E-state index in [-0.39, 0.29) is 29.2 Å². The second-order valence-electron chi connectivity index (χ2n) is 7.25. The number of rotatable bonds is 6. The molecule has 4 aromatic rings. The molecule has 4 rings (SSSR count). The maximum atomic E-state index is 12.9. The minimum atomic E-state index is -0.600. The number of nitrogens with zero attached hydrogens (tertiary/aromatic N) is 4. The SMILES string of the molecule is Cn1c(=O)c2c(nc(SCC(=O)NNC(=O)c3ccco3)n2Cc2ccc(Cl)cc2)n(C)c1=O. The summed E-state index contributed by atoms with van der Waals surface area (Å²) < 4.78 is 8.90. The van der Waals surface area contributed by atoms with Crippen LogP contribution in [0.5, 0.6) is 0 Å². The van der Waals surface area contributed by atoms with E-state index in [0.717, 1.165) is 21.9 Å². The Bertz CT molecular complexity index is 1490. The van der Waals surface area contributed by atoms with Gasteiger partial charge in [0.25, 0.3) is 5.56 Å². The fraction of sp³-hybridized carbons (Fsp3) is 0.190. The number of thioether (sulfide) groups is 1. The first kappa shape index (κ1) is 23.4. The number of benzene rings is 1. The van der Waals surface area contributed by atoms with Crippen LogP contribution in [0.25, 0.3) is 11.2 Å². The maximum absolute atomic E-state index is 12.9. The van der Waals surface area contributed by atoms with Gasteiger partial charge in [0, 0.05) is 19.1 Å². The van der Waals surface area contributed by atoms with Crippen LogP contribution in [0.2, 0.25) is 5.02 Å². The zero-order valence-electron chi connectivity index (χ0n) is 18.1. The van der Waals surface area contributed by atoms with E-state index in [1.807, 2.05) is 12.1 Å². The standard InChI is InChI=1S/C21H19ClN6O5S/c1-26-17-16(19(31)27(2)21(26)32)28(10-12-5-7-13(22)8-6-12)20(23-17)34-11-15(29)24-25-18(30)14-4-3-9-33-14/h3-9H,10-11H2,1-2H3,(H,24,29)(H,25,30). The second kappa shape index (κ2) is 9.61. The van der Waals surface area contributed by atoms with Gasteiger partial charge >= 0.3 is 11.6 Å². The number of carbonyl (C=O) groups excluding carboxylic acids is 2. The molecular weight excluding hydrogens is 484 g/mol. The molecule has 0 spiro atoms. The third-order valence-electron chi connectivity index (χ3n) is 4.96. The number of hydrogen-bond donors (Lipinski definition) is 2. The van der Waals surface area contributed by atoms with Crippen LogP contribution in [0.4, 0.5) is 0 Å². The van der Waals surface area contributed by atoms with Crippen LogP contribution in [0.3, 0.4) is 0 Å². The van der Waals surface area contributed by atoms with E-state index < -0.39 is 23.1 Å². The van der Waals surface area contributed by atoms with Crippen molar-refractivity contribution in [2.24, 2.45) is 14.1 Å². The second-order valence-corrected chi connectivity index (χ2v) is 8.63. The molecule has 0 aliphatic heterocycles. The summed E-state index contributed by atoms with van der Waals surface area (Å²) in [5, 5.41) is 0.927. The number of imidazole rings is 1. The molecule has 13 heteroatoms. The normalized spacial score (nSPS) is 11.0. The predicted molar refractivity (Wildman–Crippen MR) is 126 cm³/mol. The van der Waals surface area contributed by atoms with E-state index in [2.05, 4.69) is 15.8 Å². The third kappa shape index (κ3) is 4.63. The minimum absolute atomic E-state index is 0.0504. The lowest BCUT2D eigenvalue weighted by molar-refractivity contribution is -0.119. The number of nitrogens with one attached hydrogen (secondary N) is 2. The summed E-state index contributed by atoms with van der Waals surface area (Å²) in [6, 6.07) is 10.1. The highest BCUT2D eigenvalue weighted by atomic mass is 35.5. The molecule has 34 heavy (non-hydrogen) atoms. The van der Waals surface area contributed by atoms with Gasteiger partial charge in [0.1, 0.15) is 0 Å². The van der Waals surface area contributed by atoms with Crippen molar-refractivity contribution in [1.82, 2.24) is 29.5 Å². The lowest BCUT2D eigenvalue weighted by Gasteiger charge is -2.10. The summed E-state index contributed by atoms with van der Waals surface area (Å²) in [6.07, 6.45) is 1.34. The molecule has 3 heterocycles. The highest BCUT2D eigenvalue weighted by Gasteiger charge is 2.20. The summed E-state index contributed by atoms with van der Waals surface area (Å²) >= 11 is 7.04. The Balaban J connectivity index is 1.61. The topological polar surface area (TPSA) is 133 Å². The van der Waals surface area contributed by atoms with E-state index in [4.69, 9.17) is 16.0 Å². The van der Waals surface area contributed by atoms with Gasteiger partial charge in [-0.1, -0.05) is 35.5 Å². The van der Waals surface area contributed by atoms with Crippen molar-refractivity contribution in [2.75, 3.05) is 5.75 Å². The summed E-state index contributed by atoms with van der Waals surface area (Å²) in [6.45, 7) is 0.264. The van der Waals surface area contributed by atoms with Gasteiger partial charge in [-0.05, 0) is 29.8 Å². The molecule has 2 N–H and O–H groups in total. The Morgan fingerprint density at radius 2 is 1.82 bits per heavy atom. The Hall–Kier alpha value is -3.77. The summed E-state index contributed by atoms with van der Waals surface area (Å²) in [5.74, 6) is -1.17. The van der Waals surface area contributed by atoms with E-state index in [1.165, 1.54) is 31.0 Å². The van der Waals surface area contributed by atoms with Gasteiger partial charge < -0.3 is 8.98 Å². The number of aromatic nitrogens is 4. The van der Waals surface area contributed by atoms with Gasteiger partial charge in [0.2, 0.25) is 5.91 Å². The van der Waals surface area contributed by atoms with Crippen LogP contribution in [0, 0.1) is 0 Å². The fourth-order valence-electron chi connectivity index (χ4n) is 3.22. The van der Waals surface area contributed by atoms with Gasteiger partial charge in [0.05, 0.1) is 18.6 Å². The van der Waals surface area contributed by atoms with Crippen molar-refractivity contribution >= 4 is 46.3 Å². The molecular formula is C21H19ClN6O5S. The highest BCUT2D eigenvalue weighted by molar-refractivity contribution is 7.99. The Morgan fingerprint density at radius 3 is 2.50 bits per heavy atom. The largest absolute Gasteiger partial charge is 0.459 e. The van der Waals surface area contributed by atoms with Crippen molar-refractivity contribution in [2.45, 2.75) is 11.7 Å². The zero-order chi connectivity index (χ0) is 24.4. The first-order valence-corrected chi connectivity index (χ1v) is 11.3. The van der Waals surface area contributed by atoms with Crippen LogP contribution in [0.1, 0.15) is 16.1 Å². The molecule has 0 aliphatic carbocycles. The summed E-state index contributed by atoms with van der Waals surface area (Å²) in [5.41, 5.74) is 4.83. The predicted octanol–water partition coefficient (Wildman–Crippen LogP) is 1.28. The number of carbonyl (C=O) groups is 2.